The van der Waals surface area contributed by atoms with E-state index in [9.17, 15) is 0 Å². The summed E-state index contributed by atoms with van der Waals surface area (Å²) < 4.78 is 5.92. The maximum absolute atomic E-state index is 5.92. The molecule has 1 saturated heterocycles. The van der Waals surface area contributed by atoms with Gasteiger partial charge in [-0.2, -0.15) is 0 Å². The van der Waals surface area contributed by atoms with Gasteiger partial charge in [0.05, 0.1) is 0 Å². The summed E-state index contributed by atoms with van der Waals surface area (Å²) in [7, 11) is 0. The first-order valence-electron chi connectivity index (χ1n) is 9.24. The van der Waals surface area contributed by atoms with Crippen molar-refractivity contribution in [2.45, 2.75) is 65.7 Å². The Morgan fingerprint density at radius 1 is 0.950 bits per heavy atom. The molecular weight excluding hydrogens is 244 g/mol. The number of ether oxygens (including phenoxy) is 1. The minimum absolute atomic E-state index is 0.799. The molecule has 3 rings (SSSR count). The van der Waals surface area contributed by atoms with E-state index in [1.165, 1.54) is 44.9 Å². The van der Waals surface area contributed by atoms with Crippen LogP contribution in [0.5, 0.6) is 0 Å². The van der Waals surface area contributed by atoms with Crippen molar-refractivity contribution in [3.05, 3.63) is 0 Å². The molecule has 0 aromatic heterocycles. The van der Waals surface area contributed by atoms with Gasteiger partial charge in [-0.3, -0.25) is 0 Å². The highest BCUT2D eigenvalue weighted by atomic mass is 16.5. The van der Waals surface area contributed by atoms with Crippen molar-refractivity contribution in [2.75, 3.05) is 13.2 Å². The van der Waals surface area contributed by atoms with Crippen molar-refractivity contribution in [1.29, 1.82) is 0 Å². The van der Waals surface area contributed by atoms with E-state index in [4.69, 9.17) is 4.74 Å². The van der Waals surface area contributed by atoms with Crippen molar-refractivity contribution < 1.29 is 4.74 Å². The van der Waals surface area contributed by atoms with Crippen LogP contribution in [0.25, 0.3) is 0 Å². The van der Waals surface area contributed by atoms with Crippen LogP contribution < -0.4 is 0 Å². The largest absolute Gasteiger partial charge is 0.381 e. The minimum atomic E-state index is 0.799. The molecule has 0 spiro atoms. The Labute approximate surface area is 125 Å². The third-order valence-electron chi connectivity index (χ3n) is 7.12. The molecule has 2 aliphatic carbocycles. The summed E-state index contributed by atoms with van der Waals surface area (Å²) in [5.41, 5.74) is 0. The Morgan fingerprint density at radius 3 is 2.45 bits per heavy atom. The molecule has 6 atom stereocenters. The molecule has 20 heavy (non-hydrogen) atoms. The Kier molecular flexibility index (Phi) is 4.75. The Bertz CT molecular complexity index is 309. The third kappa shape index (κ3) is 2.93. The van der Waals surface area contributed by atoms with Gasteiger partial charge in [-0.05, 0) is 54.3 Å². The number of fused-ring (bicyclic) bond motifs is 1. The summed E-state index contributed by atoms with van der Waals surface area (Å²) in [6, 6.07) is 0. The topological polar surface area (TPSA) is 9.23 Å². The number of hydrogen-bond donors (Lipinski definition) is 0. The van der Waals surface area contributed by atoms with E-state index in [1.54, 1.807) is 0 Å². The van der Waals surface area contributed by atoms with Crippen LogP contribution in [0.3, 0.4) is 0 Å². The van der Waals surface area contributed by atoms with Crippen molar-refractivity contribution in [2.24, 2.45) is 41.4 Å². The van der Waals surface area contributed by atoms with E-state index in [2.05, 4.69) is 20.8 Å². The molecule has 1 heteroatoms. The molecular formula is C19H34O. The second kappa shape index (κ2) is 6.38. The lowest BCUT2D eigenvalue weighted by atomic mass is 9.61. The second-order valence-corrected chi connectivity index (χ2v) is 8.31. The summed E-state index contributed by atoms with van der Waals surface area (Å²) >= 11 is 0. The molecule has 3 aliphatic rings. The molecule has 0 amide bonds. The van der Waals surface area contributed by atoms with Crippen LogP contribution in [-0.2, 0) is 4.74 Å². The van der Waals surface area contributed by atoms with Gasteiger partial charge in [-0.25, -0.2) is 0 Å². The van der Waals surface area contributed by atoms with Crippen LogP contribution in [0.4, 0.5) is 0 Å². The molecule has 1 aliphatic heterocycles. The van der Waals surface area contributed by atoms with Crippen molar-refractivity contribution in [3.63, 3.8) is 0 Å². The highest BCUT2D eigenvalue weighted by molar-refractivity contribution is 4.90. The van der Waals surface area contributed by atoms with E-state index < -0.39 is 0 Å². The predicted octanol–water partition coefficient (Wildman–Crippen LogP) is 5.15. The van der Waals surface area contributed by atoms with Crippen LogP contribution in [0.2, 0.25) is 0 Å². The van der Waals surface area contributed by atoms with Gasteiger partial charge in [0, 0.05) is 13.2 Å². The SMILES string of the molecule is CC(CC[C@@H]1C2COC[C@H](C)[C@@H]2CC[C@H]1C)C1CCC1. The predicted molar refractivity (Wildman–Crippen MR) is 84.6 cm³/mol. The number of hydrogen-bond acceptors (Lipinski definition) is 1. The van der Waals surface area contributed by atoms with E-state index in [1.807, 2.05) is 0 Å². The van der Waals surface area contributed by atoms with Gasteiger partial charge in [0.15, 0.2) is 0 Å². The zero-order chi connectivity index (χ0) is 14.1. The zero-order valence-corrected chi connectivity index (χ0v) is 13.8. The van der Waals surface area contributed by atoms with E-state index in [0.717, 1.165) is 54.6 Å². The average molecular weight is 278 g/mol. The van der Waals surface area contributed by atoms with Crippen molar-refractivity contribution >= 4 is 0 Å². The van der Waals surface area contributed by atoms with Gasteiger partial charge in [-0.15, -0.1) is 0 Å². The lowest BCUT2D eigenvalue weighted by Crippen LogP contribution is -2.44. The first kappa shape index (κ1) is 14.9. The van der Waals surface area contributed by atoms with Gasteiger partial charge in [0.1, 0.15) is 0 Å². The van der Waals surface area contributed by atoms with Crippen molar-refractivity contribution in [3.8, 4) is 0 Å². The first-order chi connectivity index (χ1) is 9.66. The first-order valence-corrected chi connectivity index (χ1v) is 9.24. The number of rotatable bonds is 4. The highest BCUT2D eigenvalue weighted by Crippen LogP contribution is 2.47. The van der Waals surface area contributed by atoms with Crippen LogP contribution in [0.15, 0.2) is 0 Å². The van der Waals surface area contributed by atoms with E-state index in [0.29, 0.717) is 0 Å². The molecule has 0 radical (unpaired) electrons. The monoisotopic (exact) mass is 278 g/mol. The van der Waals surface area contributed by atoms with Crippen molar-refractivity contribution in [1.82, 2.24) is 0 Å². The van der Waals surface area contributed by atoms with E-state index >= 15 is 0 Å². The summed E-state index contributed by atoms with van der Waals surface area (Å²) in [6.45, 7) is 9.51. The standard InChI is InChI=1S/C19H34O/c1-13(16-5-4-6-16)7-9-17-14(2)8-10-18-15(3)11-20-12-19(17)18/h13-19H,4-12H2,1-3H3/t13?,14-,15+,17+,18+,19?/m1/s1. The summed E-state index contributed by atoms with van der Waals surface area (Å²) in [6.07, 6.45) is 10.4. The second-order valence-electron chi connectivity index (χ2n) is 8.31. The molecule has 1 nitrogen and oxygen atoms in total. The van der Waals surface area contributed by atoms with Gasteiger partial charge in [0.25, 0.3) is 0 Å². The Hall–Kier alpha value is -0.0400. The summed E-state index contributed by atoms with van der Waals surface area (Å²) in [5.74, 6) is 6.54. The third-order valence-corrected chi connectivity index (χ3v) is 7.12. The summed E-state index contributed by atoms with van der Waals surface area (Å²) in [4.78, 5) is 0. The highest BCUT2D eigenvalue weighted by Gasteiger charge is 2.42. The molecule has 0 aromatic rings. The van der Waals surface area contributed by atoms with Crippen LogP contribution in [0, 0.1) is 41.4 Å². The van der Waals surface area contributed by atoms with Gasteiger partial charge < -0.3 is 4.74 Å². The molecule has 0 N–H and O–H groups in total. The fourth-order valence-corrected chi connectivity index (χ4v) is 5.29. The maximum atomic E-state index is 5.92. The average Bonchev–Trinajstić information content (AvgIpc) is 2.35. The van der Waals surface area contributed by atoms with Crippen LogP contribution in [0.1, 0.15) is 65.7 Å². The fraction of sp³-hybridized carbons (Fsp3) is 1.00. The normalized spacial score (nSPS) is 43.6. The van der Waals surface area contributed by atoms with E-state index in [-0.39, 0.29) is 0 Å². The lowest BCUT2D eigenvalue weighted by Gasteiger charge is -2.48. The zero-order valence-electron chi connectivity index (χ0n) is 13.8. The Balaban J connectivity index is 1.57. The maximum Gasteiger partial charge on any atom is 0.0499 e. The Morgan fingerprint density at radius 2 is 1.75 bits per heavy atom. The molecule has 0 bridgehead atoms. The van der Waals surface area contributed by atoms with Crippen LogP contribution >= 0.6 is 0 Å². The molecule has 1 heterocycles. The molecule has 116 valence electrons. The van der Waals surface area contributed by atoms with Gasteiger partial charge in [-0.1, -0.05) is 52.9 Å². The molecule has 3 fully saturated rings. The minimum Gasteiger partial charge on any atom is -0.381 e. The van der Waals surface area contributed by atoms with Crippen LogP contribution in [-0.4, -0.2) is 13.2 Å². The summed E-state index contributed by atoms with van der Waals surface area (Å²) in [5, 5.41) is 0. The fourth-order valence-electron chi connectivity index (χ4n) is 5.29. The molecule has 2 saturated carbocycles. The lowest BCUT2D eigenvalue weighted by molar-refractivity contribution is -0.0808. The van der Waals surface area contributed by atoms with Gasteiger partial charge >= 0.3 is 0 Å². The quantitative estimate of drug-likeness (QED) is 0.691. The van der Waals surface area contributed by atoms with Gasteiger partial charge in [0.2, 0.25) is 0 Å². The molecule has 2 unspecified atom stereocenters. The molecule has 0 aromatic carbocycles. The smallest absolute Gasteiger partial charge is 0.0499 e.